The number of thiophene rings is 1. The minimum Gasteiger partial charge on any atom is -0.508 e. The number of aryl methyl sites for hydroxylation is 2. The van der Waals surface area contributed by atoms with Crippen LogP contribution in [0.1, 0.15) is 37.0 Å². The molecule has 186 valence electrons. The number of hydrogen-bond acceptors (Lipinski definition) is 9. The van der Waals surface area contributed by atoms with Crippen molar-refractivity contribution in [2.45, 2.75) is 19.9 Å². The number of aromatic nitrogens is 2. The molecule has 36 heavy (non-hydrogen) atoms. The molecular formula is C25H25N5O5S. The van der Waals surface area contributed by atoms with E-state index in [9.17, 15) is 19.5 Å². The number of amides is 2. The third kappa shape index (κ3) is 7.04. The summed E-state index contributed by atoms with van der Waals surface area (Å²) in [6, 6.07) is 8.82. The first-order valence-corrected chi connectivity index (χ1v) is 11.7. The zero-order valence-corrected chi connectivity index (χ0v) is 20.7. The van der Waals surface area contributed by atoms with E-state index in [4.69, 9.17) is 4.74 Å². The average Bonchev–Trinajstić information content (AvgIpc) is 3.39. The van der Waals surface area contributed by atoms with Crippen molar-refractivity contribution in [3.63, 3.8) is 0 Å². The van der Waals surface area contributed by atoms with Gasteiger partial charge in [-0.2, -0.15) is 0 Å². The lowest BCUT2D eigenvalue weighted by Crippen LogP contribution is -2.49. The van der Waals surface area contributed by atoms with Crippen LogP contribution in [0, 0.1) is 25.7 Å². The van der Waals surface area contributed by atoms with Gasteiger partial charge in [-0.15, -0.1) is 11.3 Å². The number of benzene rings is 1. The van der Waals surface area contributed by atoms with Crippen LogP contribution in [0.25, 0.3) is 0 Å². The van der Waals surface area contributed by atoms with Crippen molar-refractivity contribution < 1.29 is 24.2 Å². The van der Waals surface area contributed by atoms with Crippen LogP contribution in [-0.2, 0) is 9.53 Å². The highest BCUT2D eigenvalue weighted by molar-refractivity contribution is 7.12. The van der Waals surface area contributed by atoms with E-state index in [0.717, 1.165) is 5.56 Å². The lowest BCUT2D eigenvalue weighted by molar-refractivity contribution is -0.142. The summed E-state index contributed by atoms with van der Waals surface area (Å²) in [5, 5.41) is 19.3. The van der Waals surface area contributed by atoms with Crippen LogP contribution in [0.2, 0.25) is 0 Å². The molecule has 0 bridgehead atoms. The van der Waals surface area contributed by atoms with E-state index < -0.39 is 17.9 Å². The maximum atomic E-state index is 13.0. The summed E-state index contributed by atoms with van der Waals surface area (Å²) in [7, 11) is 1.20. The van der Waals surface area contributed by atoms with Crippen LogP contribution in [0.15, 0.2) is 41.8 Å². The van der Waals surface area contributed by atoms with Gasteiger partial charge in [0, 0.05) is 12.1 Å². The van der Waals surface area contributed by atoms with Crippen LogP contribution < -0.4 is 16.0 Å². The Morgan fingerprint density at radius 3 is 2.39 bits per heavy atom. The van der Waals surface area contributed by atoms with Gasteiger partial charge in [0.15, 0.2) is 0 Å². The summed E-state index contributed by atoms with van der Waals surface area (Å²) in [6.45, 7) is 3.43. The van der Waals surface area contributed by atoms with Crippen molar-refractivity contribution in [3.05, 3.63) is 69.2 Å². The fraction of sp³-hybridized carbons (Fsp3) is 0.240. The quantitative estimate of drug-likeness (QED) is 0.268. The van der Waals surface area contributed by atoms with Crippen LogP contribution >= 0.6 is 11.3 Å². The molecule has 0 aliphatic heterocycles. The Hall–Kier alpha value is -4.43. The van der Waals surface area contributed by atoms with E-state index in [0.29, 0.717) is 22.2 Å². The third-order valence-corrected chi connectivity index (χ3v) is 5.80. The summed E-state index contributed by atoms with van der Waals surface area (Å²) < 4.78 is 4.78. The van der Waals surface area contributed by atoms with E-state index in [1.54, 1.807) is 55.6 Å². The number of esters is 1. The number of rotatable bonds is 8. The second-order valence-corrected chi connectivity index (χ2v) is 8.48. The summed E-state index contributed by atoms with van der Waals surface area (Å²) in [5.41, 5.74) is 1.77. The molecule has 0 saturated heterocycles. The highest BCUT2D eigenvalue weighted by atomic mass is 32.1. The Balaban J connectivity index is 1.64. The molecule has 1 unspecified atom stereocenters. The smallest absolute Gasteiger partial charge is 0.330 e. The second kappa shape index (κ2) is 12.3. The number of aromatic hydroxyl groups is 1. The molecule has 2 heterocycles. The number of phenols is 1. The fourth-order valence-corrected chi connectivity index (χ4v) is 3.83. The van der Waals surface area contributed by atoms with Crippen LogP contribution in [0.5, 0.6) is 5.75 Å². The highest BCUT2D eigenvalue weighted by Gasteiger charge is 2.25. The Bertz CT molecular complexity index is 1270. The van der Waals surface area contributed by atoms with Gasteiger partial charge in [-0.1, -0.05) is 17.9 Å². The van der Waals surface area contributed by atoms with Gasteiger partial charge in [0.25, 0.3) is 11.8 Å². The zero-order chi connectivity index (χ0) is 26.1. The number of nitrogens with one attached hydrogen (secondary N) is 3. The largest absolute Gasteiger partial charge is 0.508 e. The van der Waals surface area contributed by atoms with Crippen LogP contribution in [0.4, 0.5) is 5.95 Å². The molecule has 0 radical (unpaired) electrons. The zero-order valence-electron chi connectivity index (χ0n) is 19.9. The molecule has 2 amide bonds. The van der Waals surface area contributed by atoms with Crippen LogP contribution in [0.3, 0.4) is 0 Å². The molecule has 0 saturated carbocycles. The second-order valence-electron chi connectivity index (χ2n) is 7.53. The van der Waals surface area contributed by atoms with Gasteiger partial charge in [-0.3, -0.25) is 9.59 Å². The molecule has 11 heteroatoms. The molecular weight excluding hydrogens is 482 g/mol. The molecule has 2 aromatic heterocycles. The minimum absolute atomic E-state index is 0.145. The first-order chi connectivity index (χ1) is 17.3. The maximum Gasteiger partial charge on any atom is 0.330 e. The number of ether oxygens (including phenoxy) is 1. The Labute approximate surface area is 212 Å². The molecule has 3 aromatic rings. The predicted molar refractivity (Wildman–Crippen MR) is 135 cm³/mol. The predicted octanol–water partition coefficient (Wildman–Crippen LogP) is 2.03. The van der Waals surface area contributed by atoms with Crippen molar-refractivity contribution in [2.24, 2.45) is 0 Å². The fourth-order valence-electron chi connectivity index (χ4n) is 3.19. The molecule has 1 atom stereocenters. The molecule has 0 fully saturated rings. The van der Waals surface area contributed by atoms with Crippen molar-refractivity contribution in [1.29, 1.82) is 0 Å². The third-order valence-electron chi connectivity index (χ3n) is 4.94. The van der Waals surface area contributed by atoms with Gasteiger partial charge in [-0.05, 0) is 49.6 Å². The van der Waals surface area contributed by atoms with E-state index in [1.807, 2.05) is 0 Å². The number of carbonyl (C=O) groups excluding carboxylic acids is 3. The average molecular weight is 508 g/mol. The van der Waals surface area contributed by atoms with E-state index in [2.05, 4.69) is 37.8 Å². The van der Waals surface area contributed by atoms with Gasteiger partial charge in [0.2, 0.25) is 5.95 Å². The Kier molecular flexibility index (Phi) is 8.96. The maximum absolute atomic E-state index is 13.0. The standard InChI is InChI=1S/C25H25N5O5S/c1-15-21(16(2)29-25(28-15)26-12-4-6-17-8-10-18(31)11-9-17)23(33)30-19(24(34)35-3)14-27-22(32)20-7-5-13-36-20/h5,7-11,13,19,31H,12,14H2,1-3H3,(H,27,32)(H,30,33)(H,26,28,29). The highest BCUT2D eigenvalue weighted by Crippen LogP contribution is 2.13. The molecule has 0 spiro atoms. The van der Waals surface area contributed by atoms with Crippen molar-refractivity contribution in [3.8, 4) is 17.6 Å². The number of nitrogens with zero attached hydrogens (tertiary/aromatic N) is 2. The monoisotopic (exact) mass is 507 g/mol. The van der Waals surface area contributed by atoms with Gasteiger partial charge in [0.05, 0.1) is 35.5 Å². The minimum atomic E-state index is -1.10. The molecule has 4 N–H and O–H groups in total. The van der Waals surface area contributed by atoms with Crippen molar-refractivity contribution >= 4 is 35.1 Å². The summed E-state index contributed by atoms with van der Waals surface area (Å²) in [6.07, 6.45) is 0. The van der Waals surface area contributed by atoms with Gasteiger partial charge >= 0.3 is 5.97 Å². The first kappa shape index (κ1) is 26.2. The molecule has 0 aliphatic carbocycles. The topological polar surface area (TPSA) is 143 Å². The van der Waals surface area contributed by atoms with Gasteiger partial charge in [0.1, 0.15) is 11.8 Å². The van der Waals surface area contributed by atoms with Gasteiger partial charge in [-0.25, -0.2) is 14.8 Å². The molecule has 3 rings (SSSR count). The Morgan fingerprint density at radius 2 is 1.78 bits per heavy atom. The summed E-state index contributed by atoms with van der Waals surface area (Å²) in [5.74, 6) is 4.74. The lowest BCUT2D eigenvalue weighted by atomic mass is 10.1. The number of carbonyl (C=O) groups is 3. The number of methoxy groups -OCH3 is 1. The number of hydrogen-bond donors (Lipinski definition) is 4. The van der Waals surface area contributed by atoms with Gasteiger partial charge < -0.3 is 25.8 Å². The molecule has 10 nitrogen and oxygen atoms in total. The Morgan fingerprint density at radius 1 is 1.08 bits per heavy atom. The lowest BCUT2D eigenvalue weighted by Gasteiger charge is -2.18. The summed E-state index contributed by atoms with van der Waals surface area (Å²) >= 11 is 1.26. The van der Waals surface area contributed by atoms with Crippen molar-refractivity contribution in [1.82, 2.24) is 20.6 Å². The van der Waals surface area contributed by atoms with Crippen LogP contribution in [-0.4, -0.2) is 59.1 Å². The molecule has 0 aliphatic rings. The van der Waals surface area contributed by atoms with E-state index in [-0.39, 0.29) is 30.3 Å². The van der Waals surface area contributed by atoms with E-state index >= 15 is 0 Å². The van der Waals surface area contributed by atoms with Crippen molar-refractivity contribution in [2.75, 3.05) is 25.5 Å². The number of phenolic OH excluding ortho intramolecular Hbond substituents is 1. The summed E-state index contributed by atoms with van der Waals surface area (Å²) in [4.78, 5) is 46.5. The molecule has 1 aromatic carbocycles. The first-order valence-electron chi connectivity index (χ1n) is 10.9. The SMILES string of the molecule is COC(=O)C(CNC(=O)c1cccs1)NC(=O)c1c(C)nc(NCC#Cc2ccc(O)cc2)nc1C. The number of anilines is 1. The normalized spacial score (nSPS) is 11.0. The van der Waals surface area contributed by atoms with E-state index in [1.165, 1.54) is 18.4 Å².